The Kier molecular flexibility index (Phi) is 12.4. The maximum Gasteiger partial charge on any atom is 0.221 e. The van der Waals surface area contributed by atoms with Crippen LogP contribution in [0.3, 0.4) is 0 Å². The molecular formula is C21H38N4O. The molecule has 0 fully saturated rings. The predicted octanol–water partition coefficient (Wildman–Crippen LogP) is 4.38. The van der Waals surface area contributed by atoms with Crippen LogP contribution in [0.4, 0.5) is 11.4 Å². The summed E-state index contributed by atoms with van der Waals surface area (Å²) in [6.07, 6.45) is 13.4. The molecule has 0 atom stereocenters. The molecule has 0 aliphatic rings. The molecule has 0 bridgehead atoms. The third-order valence-corrected chi connectivity index (χ3v) is 4.68. The van der Waals surface area contributed by atoms with Crippen LogP contribution in [-0.4, -0.2) is 19.0 Å². The van der Waals surface area contributed by atoms with Gasteiger partial charge in [-0.15, -0.1) is 0 Å². The highest BCUT2D eigenvalue weighted by atomic mass is 16.1. The first-order valence-corrected chi connectivity index (χ1v) is 10.3. The van der Waals surface area contributed by atoms with Gasteiger partial charge in [0.1, 0.15) is 0 Å². The maximum absolute atomic E-state index is 11.9. The van der Waals surface area contributed by atoms with Crippen LogP contribution in [0.1, 0.15) is 77.6 Å². The van der Waals surface area contributed by atoms with Crippen molar-refractivity contribution >= 4 is 17.3 Å². The zero-order valence-electron chi connectivity index (χ0n) is 16.5. The molecule has 1 aromatic rings. The number of anilines is 2. The number of para-hydroxylation sites is 2. The van der Waals surface area contributed by atoms with Crippen LogP contribution in [0.2, 0.25) is 0 Å². The number of nitrogens with two attached hydrogens (primary N) is 2. The lowest BCUT2D eigenvalue weighted by atomic mass is 10.1. The van der Waals surface area contributed by atoms with Gasteiger partial charge in [0.15, 0.2) is 0 Å². The van der Waals surface area contributed by atoms with Crippen molar-refractivity contribution in [2.75, 3.05) is 23.8 Å². The van der Waals surface area contributed by atoms with Gasteiger partial charge in [-0.05, 0) is 18.6 Å². The highest BCUT2D eigenvalue weighted by molar-refractivity contribution is 5.77. The van der Waals surface area contributed by atoms with E-state index in [0.717, 1.165) is 18.7 Å². The molecule has 26 heavy (non-hydrogen) atoms. The van der Waals surface area contributed by atoms with Crippen LogP contribution >= 0.6 is 0 Å². The first kappa shape index (κ1) is 22.3. The van der Waals surface area contributed by atoms with Crippen LogP contribution in [0.5, 0.6) is 0 Å². The summed E-state index contributed by atoms with van der Waals surface area (Å²) in [4.78, 5) is 11.9. The summed E-state index contributed by atoms with van der Waals surface area (Å²) < 4.78 is 0. The third kappa shape index (κ3) is 10.3. The summed E-state index contributed by atoms with van der Waals surface area (Å²) in [5.74, 6) is 6.03. The van der Waals surface area contributed by atoms with Crippen molar-refractivity contribution in [1.82, 2.24) is 5.32 Å². The van der Waals surface area contributed by atoms with Crippen molar-refractivity contribution in [3.63, 3.8) is 0 Å². The largest absolute Gasteiger partial charge is 0.397 e. The molecule has 0 unspecified atom stereocenters. The van der Waals surface area contributed by atoms with Gasteiger partial charge < -0.3 is 16.1 Å². The molecule has 0 heterocycles. The lowest BCUT2D eigenvalue weighted by Crippen LogP contribution is -2.36. The Morgan fingerprint density at radius 3 is 2.15 bits per heavy atom. The molecule has 5 heteroatoms. The molecule has 0 aliphatic carbocycles. The number of amides is 1. The standard InChI is InChI=1S/C21H38N4O/c1-2-3-4-5-6-7-8-9-10-13-17-24-21(26)16-18-25(23)20-15-12-11-14-19(20)22/h11-12,14-15H,2-10,13,16-18,22-23H2,1H3,(H,24,26). The maximum atomic E-state index is 11.9. The number of nitrogens with zero attached hydrogens (tertiary/aromatic N) is 1. The lowest BCUT2D eigenvalue weighted by Gasteiger charge is -2.20. The molecular weight excluding hydrogens is 324 g/mol. The summed E-state index contributed by atoms with van der Waals surface area (Å²) in [6.45, 7) is 3.47. The van der Waals surface area contributed by atoms with Crippen LogP contribution in [0.15, 0.2) is 24.3 Å². The van der Waals surface area contributed by atoms with Crippen molar-refractivity contribution in [2.24, 2.45) is 5.84 Å². The van der Waals surface area contributed by atoms with E-state index in [1.165, 1.54) is 62.8 Å². The second-order valence-electron chi connectivity index (χ2n) is 7.03. The highest BCUT2D eigenvalue weighted by Gasteiger charge is 2.07. The number of carbonyl (C=O) groups is 1. The number of nitrogens with one attached hydrogen (secondary N) is 1. The van der Waals surface area contributed by atoms with Crippen LogP contribution in [0.25, 0.3) is 0 Å². The van der Waals surface area contributed by atoms with E-state index in [-0.39, 0.29) is 5.91 Å². The number of hydrogen-bond acceptors (Lipinski definition) is 4. The monoisotopic (exact) mass is 362 g/mol. The zero-order valence-corrected chi connectivity index (χ0v) is 16.5. The van der Waals surface area contributed by atoms with E-state index >= 15 is 0 Å². The first-order valence-electron chi connectivity index (χ1n) is 10.3. The Morgan fingerprint density at radius 1 is 0.962 bits per heavy atom. The van der Waals surface area contributed by atoms with Gasteiger partial charge in [0.05, 0.1) is 11.4 Å². The second kappa shape index (κ2) is 14.4. The van der Waals surface area contributed by atoms with E-state index < -0.39 is 0 Å². The van der Waals surface area contributed by atoms with Gasteiger partial charge in [-0.3, -0.25) is 4.79 Å². The molecule has 0 saturated carbocycles. The average Bonchev–Trinajstić information content (AvgIpc) is 2.64. The predicted molar refractivity (Wildman–Crippen MR) is 112 cm³/mol. The molecule has 1 amide bonds. The average molecular weight is 363 g/mol. The van der Waals surface area contributed by atoms with Crippen LogP contribution in [-0.2, 0) is 4.79 Å². The molecule has 0 saturated heterocycles. The number of hydrogen-bond donors (Lipinski definition) is 3. The minimum atomic E-state index is 0.0471. The highest BCUT2D eigenvalue weighted by Crippen LogP contribution is 2.19. The van der Waals surface area contributed by atoms with Gasteiger partial charge in [0.2, 0.25) is 5.91 Å². The minimum absolute atomic E-state index is 0.0471. The first-order chi connectivity index (χ1) is 12.6. The summed E-state index contributed by atoms with van der Waals surface area (Å²) in [5.41, 5.74) is 7.27. The van der Waals surface area contributed by atoms with Crippen LogP contribution < -0.4 is 21.9 Å². The van der Waals surface area contributed by atoms with E-state index in [1.54, 1.807) is 6.07 Å². The molecule has 0 radical (unpaired) electrons. The van der Waals surface area contributed by atoms with Crippen molar-refractivity contribution in [1.29, 1.82) is 0 Å². The van der Waals surface area contributed by atoms with Gasteiger partial charge in [0, 0.05) is 19.5 Å². The van der Waals surface area contributed by atoms with E-state index in [9.17, 15) is 4.79 Å². The van der Waals surface area contributed by atoms with Crippen molar-refractivity contribution < 1.29 is 4.79 Å². The van der Waals surface area contributed by atoms with Gasteiger partial charge in [-0.2, -0.15) is 0 Å². The quantitative estimate of drug-likeness (QED) is 0.187. The smallest absolute Gasteiger partial charge is 0.221 e. The molecule has 0 aliphatic heterocycles. The fraction of sp³-hybridized carbons (Fsp3) is 0.667. The van der Waals surface area contributed by atoms with Crippen LogP contribution in [0, 0.1) is 0 Å². The number of unbranched alkanes of at least 4 members (excludes halogenated alkanes) is 9. The van der Waals surface area contributed by atoms with Crippen molar-refractivity contribution in [2.45, 2.75) is 77.6 Å². The Hall–Kier alpha value is -1.75. The zero-order chi connectivity index (χ0) is 19.0. The summed E-state index contributed by atoms with van der Waals surface area (Å²) in [5, 5.41) is 4.51. The minimum Gasteiger partial charge on any atom is -0.397 e. The number of rotatable bonds is 15. The third-order valence-electron chi connectivity index (χ3n) is 4.68. The topological polar surface area (TPSA) is 84.4 Å². The number of hydrazine groups is 1. The SMILES string of the molecule is CCCCCCCCCCCCNC(=O)CCN(N)c1ccccc1N. The van der Waals surface area contributed by atoms with E-state index in [4.69, 9.17) is 11.6 Å². The summed E-state index contributed by atoms with van der Waals surface area (Å²) >= 11 is 0. The van der Waals surface area contributed by atoms with E-state index in [0.29, 0.717) is 18.7 Å². The normalized spacial score (nSPS) is 10.7. The molecule has 148 valence electrons. The molecule has 0 aromatic heterocycles. The number of carbonyl (C=O) groups excluding carboxylic acids is 1. The Morgan fingerprint density at radius 2 is 1.54 bits per heavy atom. The lowest BCUT2D eigenvalue weighted by molar-refractivity contribution is -0.120. The molecule has 1 rings (SSSR count). The van der Waals surface area contributed by atoms with E-state index in [1.807, 2.05) is 18.2 Å². The molecule has 5 N–H and O–H groups in total. The van der Waals surface area contributed by atoms with E-state index in [2.05, 4.69) is 12.2 Å². The van der Waals surface area contributed by atoms with Crippen molar-refractivity contribution in [3.8, 4) is 0 Å². The van der Waals surface area contributed by atoms with Gasteiger partial charge in [-0.1, -0.05) is 76.8 Å². The Labute approximate surface area is 159 Å². The van der Waals surface area contributed by atoms with Gasteiger partial charge in [0.25, 0.3) is 0 Å². The van der Waals surface area contributed by atoms with Gasteiger partial charge >= 0.3 is 0 Å². The summed E-state index contributed by atoms with van der Waals surface area (Å²) in [6, 6.07) is 7.42. The van der Waals surface area contributed by atoms with Gasteiger partial charge in [-0.25, -0.2) is 5.84 Å². The Bertz CT molecular complexity index is 493. The Balaban J connectivity index is 1.96. The molecule has 1 aromatic carbocycles. The fourth-order valence-corrected chi connectivity index (χ4v) is 3.02. The molecule has 0 spiro atoms. The number of benzene rings is 1. The van der Waals surface area contributed by atoms with Crippen molar-refractivity contribution in [3.05, 3.63) is 24.3 Å². The second-order valence-corrected chi connectivity index (χ2v) is 7.03. The number of nitrogen functional groups attached to an aromatic ring is 1. The molecule has 5 nitrogen and oxygen atoms in total. The summed E-state index contributed by atoms with van der Waals surface area (Å²) in [7, 11) is 0. The fourth-order valence-electron chi connectivity index (χ4n) is 3.02.